The molecular weight excluding hydrogens is 393 g/mol. The Balaban J connectivity index is 1.95. The highest BCUT2D eigenvalue weighted by molar-refractivity contribution is 7.89. The number of rotatable bonds is 5. The number of carbonyl (C=O) groups excluding carboxylic acids is 3. The van der Waals surface area contributed by atoms with Crippen molar-refractivity contribution < 1.29 is 40.7 Å². The van der Waals surface area contributed by atoms with Crippen molar-refractivity contribution >= 4 is 33.4 Å². The lowest BCUT2D eigenvalue weighted by atomic mass is 10.1. The number of carbonyl (C=O) groups is 3. The quantitative estimate of drug-likeness (QED) is 0.566. The highest BCUT2D eigenvalue weighted by atomic mass is 32.2. The van der Waals surface area contributed by atoms with Gasteiger partial charge >= 0.3 is 18.1 Å². The molecule has 2 rings (SSSR count). The van der Waals surface area contributed by atoms with Crippen LogP contribution in [0, 0.1) is 0 Å². The van der Waals surface area contributed by atoms with E-state index in [0.29, 0.717) is 31.6 Å². The molecule has 1 aromatic carbocycles. The van der Waals surface area contributed by atoms with Gasteiger partial charge in [-0.1, -0.05) is 0 Å². The van der Waals surface area contributed by atoms with E-state index in [4.69, 9.17) is 0 Å². The summed E-state index contributed by atoms with van der Waals surface area (Å²) in [6, 6.07) is 5.52. The number of ketones is 1. The second-order valence-corrected chi connectivity index (χ2v) is 7.37. The number of alkyl halides is 3. The Morgan fingerprint density at radius 3 is 2.19 bits per heavy atom. The first-order valence-electron chi connectivity index (χ1n) is 7.67. The van der Waals surface area contributed by atoms with Crippen molar-refractivity contribution in [2.45, 2.75) is 23.9 Å². The smallest absolute Gasteiger partial charge is 0.385 e. The summed E-state index contributed by atoms with van der Waals surface area (Å²) in [4.78, 5) is 34.6. The van der Waals surface area contributed by atoms with Gasteiger partial charge in [0.25, 0.3) is 0 Å². The van der Waals surface area contributed by atoms with Crippen LogP contribution >= 0.6 is 0 Å². The molecule has 0 radical (unpaired) electrons. The lowest BCUT2D eigenvalue weighted by Gasteiger charge is -2.28. The van der Waals surface area contributed by atoms with E-state index >= 15 is 0 Å². The average molecular weight is 408 g/mol. The molecule has 1 heterocycles. The third-order valence-corrected chi connectivity index (χ3v) is 5.09. The number of nitrogens with one attached hydrogen (secondary N) is 1. The molecule has 1 aliphatic heterocycles. The topological polar surface area (TPSA) is 110 Å². The normalized spacial score (nSPS) is 15.5. The average Bonchev–Trinajstić information content (AvgIpc) is 2.60. The molecule has 0 amide bonds. The minimum atomic E-state index is -5.36. The molecule has 1 N–H and O–H groups in total. The van der Waals surface area contributed by atoms with Gasteiger partial charge in [-0.25, -0.2) is 13.2 Å². The van der Waals surface area contributed by atoms with Gasteiger partial charge in [0, 0.05) is 31.6 Å². The molecule has 0 spiro atoms. The SMILES string of the molecule is O=C1CCN(c2ccc(S(=O)(=O)NCC(=O)OC(=O)C(F)(F)F)cc2)CC1. The molecule has 148 valence electrons. The van der Waals surface area contributed by atoms with E-state index in [2.05, 4.69) is 4.74 Å². The molecule has 0 aromatic heterocycles. The molecule has 0 unspecified atom stereocenters. The summed E-state index contributed by atoms with van der Waals surface area (Å²) in [7, 11) is -4.20. The Morgan fingerprint density at radius 2 is 1.67 bits per heavy atom. The maximum absolute atomic E-state index is 12.1. The first-order valence-corrected chi connectivity index (χ1v) is 9.15. The van der Waals surface area contributed by atoms with Gasteiger partial charge in [-0.3, -0.25) is 9.59 Å². The zero-order valence-electron chi connectivity index (χ0n) is 13.8. The zero-order valence-corrected chi connectivity index (χ0v) is 14.6. The number of esters is 2. The van der Waals surface area contributed by atoms with Gasteiger partial charge in [0.2, 0.25) is 10.0 Å². The lowest BCUT2D eigenvalue weighted by Crippen LogP contribution is -2.35. The second kappa shape index (κ2) is 8.05. The van der Waals surface area contributed by atoms with Crippen molar-refractivity contribution in [3.63, 3.8) is 0 Å². The summed E-state index contributed by atoms with van der Waals surface area (Å²) in [5.74, 6) is -4.25. The van der Waals surface area contributed by atoms with Gasteiger partial charge in [0.1, 0.15) is 12.3 Å². The predicted octanol–water partition coefficient (Wildman–Crippen LogP) is 0.766. The molecule has 0 saturated carbocycles. The van der Waals surface area contributed by atoms with Crippen LogP contribution in [-0.4, -0.2) is 52.0 Å². The molecule has 1 aliphatic rings. The summed E-state index contributed by atoms with van der Waals surface area (Å²) in [5, 5.41) is 0. The number of sulfonamides is 1. The van der Waals surface area contributed by atoms with Crippen molar-refractivity contribution in [1.29, 1.82) is 0 Å². The Morgan fingerprint density at radius 1 is 1.11 bits per heavy atom. The summed E-state index contributed by atoms with van der Waals surface area (Å²) in [6.07, 6.45) is -4.55. The fourth-order valence-electron chi connectivity index (χ4n) is 2.29. The van der Waals surface area contributed by atoms with Crippen LogP contribution in [0.3, 0.4) is 0 Å². The third-order valence-electron chi connectivity index (χ3n) is 3.68. The standard InChI is InChI=1S/C15H15F3N2O6S/c16-15(17,18)14(23)26-13(22)9-19-27(24,25)12-3-1-10(2-4-12)20-7-5-11(21)6-8-20/h1-4,19H,5-9H2. The fourth-order valence-corrected chi connectivity index (χ4v) is 3.25. The number of hydrogen-bond donors (Lipinski definition) is 1. The van der Waals surface area contributed by atoms with E-state index in [-0.39, 0.29) is 10.7 Å². The van der Waals surface area contributed by atoms with Gasteiger partial charge in [-0.05, 0) is 24.3 Å². The molecule has 27 heavy (non-hydrogen) atoms. The van der Waals surface area contributed by atoms with Crippen LogP contribution in [0.1, 0.15) is 12.8 Å². The highest BCUT2D eigenvalue weighted by Gasteiger charge is 2.42. The predicted molar refractivity (Wildman–Crippen MR) is 85.2 cm³/mol. The largest absolute Gasteiger partial charge is 0.491 e. The van der Waals surface area contributed by atoms with Crippen molar-refractivity contribution in [3.05, 3.63) is 24.3 Å². The van der Waals surface area contributed by atoms with Crippen LogP contribution in [-0.2, 0) is 29.1 Å². The summed E-state index contributed by atoms with van der Waals surface area (Å²) < 4.78 is 65.3. The first kappa shape index (κ1) is 20.8. The van der Waals surface area contributed by atoms with E-state index in [9.17, 15) is 36.0 Å². The minimum absolute atomic E-state index is 0.158. The summed E-state index contributed by atoms with van der Waals surface area (Å²) in [5.41, 5.74) is 0.705. The number of piperidine rings is 1. The van der Waals surface area contributed by atoms with E-state index in [1.54, 1.807) is 4.72 Å². The van der Waals surface area contributed by atoms with Crippen LogP contribution in [0.15, 0.2) is 29.2 Å². The van der Waals surface area contributed by atoms with Crippen LogP contribution in [0.25, 0.3) is 0 Å². The Hall–Kier alpha value is -2.47. The Kier molecular flexibility index (Phi) is 6.21. The lowest BCUT2D eigenvalue weighted by molar-refractivity contribution is -0.201. The molecule has 1 aromatic rings. The number of ether oxygens (including phenoxy) is 1. The summed E-state index contributed by atoms with van der Waals surface area (Å²) >= 11 is 0. The van der Waals surface area contributed by atoms with Crippen molar-refractivity contribution in [3.8, 4) is 0 Å². The molecule has 1 saturated heterocycles. The molecule has 12 heteroatoms. The number of anilines is 1. The van der Waals surface area contributed by atoms with Gasteiger partial charge in [-0.15, -0.1) is 0 Å². The first-order chi connectivity index (χ1) is 12.5. The van der Waals surface area contributed by atoms with E-state index in [1.807, 2.05) is 4.90 Å². The monoisotopic (exact) mass is 408 g/mol. The molecule has 0 bridgehead atoms. The molecular formula is C15H15F3N2O6S. The zero-order chi connectivity index (χ0) is 20.2. The molecule has 8 nitrogen and oxygen atoms in total. The van der Waals surface area contributed by atoms with Crippen molar-refractivity contribution in [1.82, 2.24) is 4.72 Å². The molecule has 1 fully saturated rings. The van der Waals surface area contributed by atoms with Gasteiger partial charge in [0.15, 0.2) is 0 Å². The van der Waals surface area contributed by atoms with Crippen molar-refractivity contribution in [2.24, 2.45) is 0 Å². The maximum Gasteiger partial charge on any atom is 0.491 e. The van der Waals surface area contributed by atoms with E-state index < -0.39 is 34.7 Å². The van der Waals surface area contributed by atoms with E-state index in [1.165, 1.54) is 24.3 Å². The molecule has 0 aliphatic carbocycles. The van der Waals surface area contributed by atoms with Gasteiger partial charge in [0.05, 0.1) is 4.90 Å². The minimum Gasteiger partial charge on any atom is -0.385 e. The van der Waals surface area contributed by atoms with Gasteiger partial charge in [-0.2, -0.15) is 17.9 Å². The number of benzene rings is 1. The van der Waals surface area contributed by atoms with Crippen LogP contribution in [0.4, 0.5) is 18.9 Å². The van der Waals surface area contributed by atoms with E-state index in [0.717, 1.165) is 0 Å². The Labute approximate surface area is 152 Å². The summed E-state index contributed by atoms with van der Waals surface area (Å²) in [6.45, 7) is -0.106. The van der Waals surface area contributed by atoms with Crippen LogP contribution in [0.2, 0.25) is 0 Å². The highest BCUT2D eigenvalue weighted by Crippen LogP contribution is 2.21. The second-order valence-electron chi connectivity index (χ2n) is 5.60. The Bertz CT molecular complexity index is 826. The number of nitrogens with zero attached hydrogens (tertiary/aromatic N) is 1. The molecule has 0 atom stereocenters. The van der Waals surface area contributed by atoms with Gasteiger partial charge < -0.3 is 9.64 Å². The fraction of sp³-hybridized carbons (Fsp3) is 0.400. The van der Waals surface area contributed by atoms with Crippen LogP contribution < -0.4 is 9.62 Å². The van der Waals surface area contributed by atoms with Crippen LogP contribution in [0.5, 0.6) is 0 Å². The maximum atomic E-state index is 12.1. The number of hydrogen-bond acceptors (Lipinski definition) is 7. The third kappa shape index (κ3) is 5.76. The van der Waals surface area contributed by atoms with Crippen molar-refractivity contribution in [2.75, 3.05) is 24.5 Å². The number of halogens is 3. The number of Topliss-reactive ketones (excluding diaryl/α,β-unsaturated/α-hetero) is 1.